The fourth-order valence-electron chi connectivity index (χ4n) is 2.91. The number of likely N-dealkylation sites (tertiary alicyclic amines) is 1. The molecule has 4 nitrogen and oxygen atoms in total. The minimum atomic E-state index is -0.413. The molecule has 0 radical (unpaired) electrons. The molecule has 6 heteroatoms. The summed E-state index contributed by atoms with van der Waals surface area (Å²) in [5.74, 6) is -0.236. The van der Waals surface area contributed by atoms with Gasteiger partial charge in [0.1, 0.15) is 5.82 Å². The first-order valence-corrected chi connectivity index (χ1v) is 8.25. The number of hydrogen-bond donors (Lipinski definition) is 2. The van der Waals surface area contributed by atoms with E-state index in [2.05, 4.69) is 5.32 Å². The average Bonchev–Trinajstić information content (AvgIpc) is 2.94. The first-order chi connectivity index (χ1) is 10.7. The number of halogens is 2. The predicted octanol–water partition coefficient (Wildman–Crippen LogP) is 3.17. The average molecular weight is 343 g/mol. The monoisotopic (exact) mass is 342 g/mol. The van der Waals surface area contributed by atoms with E-state index in [0.717, 1.165) is 12.0 Å². The number of carbonyl (C=O) groups is 1. The number of amides is 2. The maximum absolute atomic E-state index is 13.2. The van der Waals surface area contributed by atoms with Gasteiger partial charge in [0.25, 0.3) is 0 Å². The van der Waals surface area contributed by atoms with Crippen molar-refractivity contribution < 1.29 is 14.3 Å². The standard InChI is InChI=1S/C17H24ClFN2O2/c1-11(22)12-6-7-21(9-12)16(23)20-10-17(2,3)14-5-4-13(19)8-15(14)18/h4-5,8,11-12,22H,6-7,9-10H2,1-3H3,(H,20,23)/t11-,12-/m1/s1. The zero-order chi connectivity index (χ0) is 17.2. The Kier molecular flexibility index (Phi) is 5.53. The van der Waals surface area contributed by atoms with E-state index in [4.69, 9.17) is 11.6 Å². The van der Waals surface area contributed by atoms with Crippen molar-refractivity contribution in [2.45, 2.75) is 38.7 Å². The van der Waals surface area contributed by atoms with Crippen LogP contribution in [0, 0.1) is 11.7 Å². The van der Waals surface area contributed by atoms with E-state index in [0.29, 0.717) is 24.7 Å². The highest BCUT2D eigenvalue weighted by Gasteiger charge is 2.30. The molecule has 1 aliphatic heterocycles. The smallest absolute Gasteiger partial charge is 0.317 e. The quantitative estimate of drug-likeness (QED) is 0.883. The number of nitrogens with one attached hydrogen (secondary N) is 1. The molecule has 2 atom stereocenters. The van der Waals surface area contributed by atoms with Crippen molar-refractivity contribution in [2.75, 3.05) is 19.6 Å². The Morgan fingerprint density at radius 1 is 1.57 bits per heavy atom. The topological polar surface area (TPSA) is 52.6 Å². The summed E-state index contributed by atoms with van der Waals surface area (Å²) in [5, 5.41) is 12.9. The summed E-state index contributed by atoms with van der Waals surface area (Å²) >= 11 is 6.12. The summed E-state index contributed by atoms with van der Waals surface area (Å²) in [6.07, 6.45) is 0.417. The molecule has 1 aromatic rings. The maximum Gasteiger partial charge on any atom is 0.317 e. The largest absolute Gasteiger partial charge is 0.393 e. The zero-order valence-corrected chi connectivity index (χ0v) is 14.5. The summed E-state index contributed by atoms with van der Waals surface area (Å²) in [6, 6.07) is 4.18. The number of hydrogen-bond acceptors (Lipinski definition) is 2. The van der Waals surface area contributed by atoms with Crippen molar-refractivity contribution in [3.05, 3.63) is 34.6 Å². The second kappa shape index (κ2) is 7.05. The van der Waals surface area contributed by atoms with Gasteiger partial charge in [-0.15, -0.1) is 0 Å². The van der Waals surface area contributed by atoms with Crippen LogP contribution in [0.4, 0.5) is 9.18 Å². The third-order valence-corrected chi connectivity index (χ3v) is 4.85. The van der Waals surface area contributed by atoms with Gasteiger partial charge in [-0.05, 0) is 31.0 Å². The van der Waals surface area contributed by atoms with E-state index in [-0.39, 0.29) is 17.8 Å². The number of urea groups is 1. The lowest BCUT2D eigenvalue weighted by atomic mass is 9.84. The van der Waals surface area contributed by atoms with Crippen LogP contribution in [0.5, 0.6) is 0 Å². The fraction of sp³-hybridized carbons (Fsp3) is 0.588. The van der Waals surface area contributed by atoms with Gasteiger partial charge in [-0.2, -0.15) is 0 Å². The third kappa shape index (κ3) is 4.36. The molecule has 0 spiro atoms. The second-order valence-corrected chi connectivity index (χ2v) is 7.31. The number of nitrogens with zero attached hydrogens (tertiary/aromatic N) is 1. The lowest BCUT2D eigenvalue weighted by Gasteiger charge is -2.28. The van der Waals surface area contributed by atoms with Crippen molar-refractivity contribution in [1.82, 2.24) is 10.2 Å². The van der Waals surface area contributed by atoms with Crippen LogP contribution in [0.1, 0.15) is 32.8 Å². The van der Waals surface area contributed by atoms with E-state index in [1.807, 2.05) is 13.8 Å². The lowest BCUT2D eigenvalue weighted by Crippen LogP contribution is -2.44. The molecule has 128 valence electrons. The molecule has 1 aromatic carbocycles. The second-order valence-electron chi connectivity index (χ2n) is 6.90. The van der Waals surface area contributed by atoms with Gasteiger partial charge in [-0.1, -0.05) is 31.5 Å². The molecular weight excluding hydrogens is 319 g/mol. The highest BCUT2D eigenvalue weighted by Crippen LogP contribution is 2.30. The van der Waals surface area contributed by atoms with Gasteiger partial charge in [0.2, 0.25) is 0 Å². The minimum Gasteiger partial charge on any atom is -0.393 e. The van der Waals surface area contributed by atoms with Crippen molar-refractivity contribution >= 4 is 17.6 Å². The minimum absolute atomic E-state index is 0.139. The van der Waals surface area contributed by atoms with Crippen LogP contribution in [0.2, 0.25) is 5.02 Å². The summed E-state index contributed by atoms with van der Waals surface area (Å²) < 4.78 is 13.2. The van der Waals surface area contributed by atoms with Crippen LogP contribution in [0.15, 0.2) is 18.2 Å². The van der Waals surface area contributed by atoms with Gasteiger partial charge in [-0.25, -0.2) is 9.18 Å². The number of aliphatic hydroxyl groups is 1. The van der Waals surface area contributed by atoms with Crippen molar-refractivity contribution in [3.63, 3.8) is 0 Å². The van der Waals surface area contributed by atoms with E-state index < -0.39 is 11.5 Å². The Labute approximate surface area is 141 Å². The molecule has 2 rings (SSSR count). The van der Waals surface area contributed by atoms with Crippen LogP contribution in [-0.2, 0) is 5.41 Å². The van der Waals surface area contributed by atoms with Crippen LogP contribution >= 0.6 is 11.6 Å². The summed E-state index contributed by atoms with van der Waals surface area (Å²) in [6.45, 7) is 7.28. The molecule has 2 N–H and O–H groups in total. The van der Waals surface area contributed by atoms with E-state index in [9.17, 15) is 14.3 Å². The molecule has 23 heavy (non-hydrogen) atoms. The molecule has 1 fully saturated rings. The Balaban J connectivity index is 1.95. The van der Waals surface area contributed by atoms with Gasteiger partial charge in [0, 0.05) is 36.0 Å². The van der Waals surface area contributed by atoms with E-state index in [1.54, 1.807) is 17.9 Å². The molecule has 1 aliphatic rings. The van der Waals surface area contributed by atoms with Gasteiger partial charge in [0.15, 0.2) is 0 Å². The normalized spacial score (nSPS) is 19.7. The van der Waals surface area contributed by atoms with Gasteiger partial charge < -0.3 is 15.3 Å². The van der Waals surface area contributed by atoms with Crippen LogP contribution in [0.3, 0.4) is 0 Å². The Morgan fingerprint density at radius 2 is 2.26 bits per heavy atom. The Hall–Kier alpha value is -1.33. The summed E-state index contributed by atoms with van der Waals surface area (Å²) in [4.78, 5) is 14.0. The Bertz CT molecular complexity index is 578. The first-order valence-electron chi connectivity index (χ1n) is 7.87. The number of rotatable bonds is 4. The Morgan fingerprint density at radius 3 is 2.83 bits per heavy atom. The maximum atomic E-state index is 13.2. The molecule has 1 heterocycles. The molecule has 0 aliphatic carbocycles. The fourth-order valence-corrected chi connectivity index (χ4v) is 3.33. The van der Waals surface area contributed by atoms with Crippen LogP contribution in [-0.4, -0.2) is 41.8 Å². The molecular formula is C17H24ClFN2O2. The van der Waals surface area contributed by atoms with Crippen molar-refractivity contribution in [2.24, 2.45) is 5.92 Å². The van der Waals surface area contributed by atoms with Gasteiger partial charge in [-0.3, -0.25) is 0 Å². The molecule has 0 unspecified atom stereocenters. The summed E-state index contributed by atoms with van der Waals surface area (Å²) in [5.41, 5.74) is 0.383. The van der Waals surface area contributed by atoms with E-state index in [1.165, 1.54) is 12.1 Å². The number of benzene rings is 1. The number of carbonyl (C=O) groups excluding carboxylic acids is 1. The van der Waals surface area contributed by atoms with Crippen LogP contribution < -0.4 is 5.32 Å². The highest BCUT2D eigenvalue weighted by atomic mass is 35.5. The SMILES string of the molecule is C[C@@H](O)[C@@H]1CCN(C(=O)NCC(C)(C)c2ccc(F)cc2Cl)C1. The lowest BCUT2D eigenvalue weighted by molar-refractivity contribution is 0.129. The third-order valence-electron chi connectivity index (χ3n) is 4.54. The predicted molar refractivity (Wildman–Crippen MR) is 89.2 cm³/mol. The molecule has 1 saturated heterocycles. The molecule has 2 amide bonds. The van der Waals surface area contributed by atoms with E-state index >= 15 is 0 Å². The number of aliphatic hydroxyl groups excluding tert-OH is 1. The molecule has 0 bridgehead atoms. The van der Waals surface area contributed by atoms with Gasteiger partial charge in [0.05, 0.1) is 6.10 Å². The highest BCUT2D eigenvalue weighted by molar-refractivity contribution is 6.31. The van der Waals surface area contributed by atoms with Crippen molar-refractivity contribution in [1.29, 1.82) is 0 Å². The van der Waals surface area contributed by atoms with Crippen molar-refractivity contribution in [3.8, 4) is 0 Å². The molecule has 0 aromatic heterocycles. The molecule has 0 saturated carbocycles. The zero-order valence-electron chi connectivity index (χ0n) is 13.8. The van der Waals surface area contributed by atoms with Crippen LogP contribution in [0.25, 0.3) is 0 Å². The first kappa shape index (κ1) is 18.0. The van der Waals surface area contributed by atoms with Gasteiger partial charge >= 0.3 is 6.03 Å². The summed E-state index contributed by atoms with van der Waals surface area (Å²) in [7, 11) is 0.